The van der Waals surface area contributed by atoms with Gasteiger partial charge in [-0.25, -0.2) is 0 Å². The molecule has 0 atom stereocenters. The number of primary amides is 1. The number of nitrogens with two attached hydrogens (primary N) is 2. The van der Waals surface area contributed by atoms with Gasteiger partial charge in [-0.2, -0.15) is 0 Å². The van der Waals surface area contributed by atoms with Crippen LogP contribution >= 0.6 is 11.3 Å². The third kappa shape index (κ3) is 3.39. The fourth-order valence-corrected chi connectivity index (χ4v) is 3.58. The summed E-state index contributed by atoms with van der Waals surface area (Å²) in [6, 6.07) is 1.87. The van der Waals surface area contributed by atoms with E-state index in [1.807, 2.05) is 6.07 Å². The highest BCUT2D eigenvalue weighted by Crippen LogP contribution is 2.34. The smallest absolute Gasteiger partial charge is 0.260 e. The first-order valence-electron chi connectivity index (χ1n) is 6.56. The molecule has 1 saturated heterocycles. The Balaban J connectivity index is 1.98. The molecule has 0 aliphatic carbocycles. The van der Waals surface area contributed by atoms with Gasteiger partial charge in [0.1, 0.15) is 4.88 Å². The van der Waals surface area contributed by atoms with Gasteiger partial charge in [-0.15, -0.1) is 11.3 Å². The van der Waals surface area contributed by atoms with Crippen LogP contribution in [0.2, 0.25) is 0 Å². The molecule has 1 aliphatic heterocycles. The lowest BCUT2D eigenvalue weighted by Crippen LogP contribution is -2.36. The number of piperidine rings is 1. The SMILES string of the molecule is CN(C)CC1CCN(c2cc(N)c(C(N)=O)s2)CC1. The standard InChI is InChI=1S/C13H22N4OS/c1-16(2)8-9-3-5-17(6-4-9)11-7-10(14)12(19-11)13(15)18/h7,9H,3-6,8,14H2,1-2H3,(H2,15,18). The van der Waals surface area contributed by atoms with Gasteiger partial charge < -0.3 is 21.3 Å². The fraction of sp³-hybridized carbons (Fsp3) is 0.615. The number of hydrogen-bond acceptors (Lipinski definition) is 5. The number of carbonyl (C=O) groups excluding carboxylic acids is 1. The second kappa shape index (κ2) is 5.79. The molecule has 0 unspecified atom stereocenters. The molecule has 2 heterocycles. The van der Waals surface area contributed by atoms with Gasteiger partial charge in [-0.3, -0.25) is 4.79 Å². The number of hydrogen-bond donors (Lipinski definition) is 2. The second-order valence-electron chi connectivity index (χ2n) is 5.43. The van der Waals surface area contributed by atoms with Crippen molar-refractivity contribution >= 4 is 27.9 Å². The molecule has 19 heavy (non-hydrogen) atoms. The molecule has 1 fully saturated rings. The molecule has 0 radical (unpaired) electrons. The van der Waals surface area contributed by atoms with E-state index in [0.29, 0.717) is 10.6 Å². The quantitative estimate of drug-likeness (QED) is 0.870. The summed E-state index contributed by atoms with van der Waals surface area (Å²) in [6.07, 6.45) is 2.36. The lowest BCUT2D eigenvalue weighted by atomic mass is 9.96. The molecule has 5 nitrogen and oxygen atoms in total. The van der Waals surface area contributed by atoms with Gasteiger partial charge in [-0.05, 0) is 38.9 Å². The van der Waals surface area contributed by atoms with E-state index in [1.165, 1.54) is 24.2 Å². The van der Waals surface area contributed by atoms with Crippen molar-refractivity contribution in [1.82, 2.24) is 4.90 Å². The molecule has 0 spiro atoms. The molecule has 1 amide bonds. The predicted octanol–water partition coefficient (Wildman–Crippen LogP) is 1.21. The van der Waals surface area contributed by atoms with Crippen LogP contribution in [0.1, 0.15) is 22.5 Å². The molecule has 0 aromatic carbocycles. The highest BCUT2D eigenvalue weighted by Gasteiger charge is 2.22. The van der Waals surface area contributed by atoms with E-state index in [-0.39, 0.29) is 0 Å². The summed E-state index contributed by atoms with van der Waals surface area (Å²) in [6.45, 7) is 3.19. The Labute approximate surface area is 118 Å². The Hall–Kier alpha value is -1.27. The van der Waals surface area contributed by atoms with E-state index in [2.05, 4.69) is 23.9 Å². The summed E-state index contributed by atoms with van der Waals surface area (Å²) in [4.78, 5) is 16.2. The summed E-state index contributed by atoms with van der Waals surface area (Å²) in [7, 11) is 4.23. The van der Waals surface area contributed by atoms with Gasteiger partial charge in [0.15, 0.2) is 0 Å². The van der Waals surface area contributed by atoms with E-state index in [0.717, 1.165) is 30.6 Å². The fourth-order valence-electron chi connectivity index (χ4n) is 2.59. The minimum Gasteiger partial charge on any atom is -0.397 e. The number of nitrogens with zero attached hydrogens (tertiary/aromatic N) is 2. The summed E-state index contributed by atoms with van der Waals surface area (Å²) < 4.78 is 0. The zero-order valence-electron chi connectivity index (χ0n) is 11.6. The van der Waals surface area contributed by atoms with E-state index < -0.39 is 5.91 Å². The zero-order chi connectivity index (χ0) is 14.0. The third-order valence-electron chi connectivity index (χ3n) is 3.52. The molecule has 1 aliphatic rings. The Morgan fingerprint density at radius 3 is 2.58 bits per heavy atom. The topological polar surface area (TPSA) is 75.6 Å². The summed E-state index contributed by atoms with van der Waals surface area (Å²) in [5.74, 6) is 0.329. The van der Waals surface area contributed by atoms with Crippen molar-refractivity contribution in [2.45, 2.75) is 12.8 Å². The Bertz CT molecular complexity index is 449. The third-order valence-corrected chi connectivity index (χ3v) is 4.75. The summed E-state index contributed by atoms with van der Waals surface area (Å²) in [5.41, 5.74) is 11.6. The van der Waals surface area contributed by atoms with Crippen LogP contribution in [-0.4, -0.2) is 44.5 Å². The van der Waals surface area contributed by atoms with Gasteiger partial charge in [0.25, 0.3) is 5.91 Å². The molecule has 0 bridgehead atoms. The van der Waals surface area contributed by atoms with E-state index in [1.54, 1.807) is 0 Å². The molecular weight excluding hydrogens is 260 g/mol. The van der Waals surface area contributed by atoms with Crippen LogP contribution in [0.25, 0.3) is 0 Å². The molecule has 1 aromatic heterocycles. The van der Waals surface area contributed by atoms with Crippen LogP contribution in [0.3, 0.4) is 0 Å². The maximum atomic E-state index is 11.2. The zero-order valence-corrected chi connectivity index (χ0v) is 12.4. The van der Waals surface area contributed by atoms with Crippen LogP contribution in [0.5, 0.6) is 0 Å². The summed E-state index contributed by atoms with van der Waals surface area (Å²) in [5, 5.41) is 1.06. The highest BCUT2D eigenvalue weighted by atomic mass is 32.1. The minimum atomic E-state index is -0.434. The molecule has 0 saturated carbocycles. The monoisotopic (exact) mass is 282 g/mol. The average molecular weight is 282 g/mol. The average Bonchev–Trinajstić information content (AvgIpc) is 2.71. The highest BCUT2D eigenvalue weighted by molar-refractivity contribution is 7.18. The maximum absolute atomic E-state index is 11.2. The van der Waals surface area contributed by atoms with Crippen molar-refractivity contribution in [3.8, 4) is 0 Å². The first-order chi connectivity index (χ1) is 8.97. The van der Waals surface area contributed by atoms with Gasteiger partial charge in [-0.1, -0.05) is 0 Å². The van der Waals surface area contributed by atoms with Gasteiger partial charge >= 0.3 is 0 Å². The van der Waals surface area contributed by atoms with Crippen LogP contribution in [0.4, 0.5) is 10.7 Å². The van der Waals surface area contributed by atoms with E-state index >= 15 is 0 Å². The van der Waals surface area contributed by atoms with Crippen molar-refractivity contribution in [3.63, 3.8) is 0 Å². The van der Waals surface area contributed by atoms with Crippen molar-refractivity contribution in [3.05, 3.63) is 10.9 Å². The first kappa shape index (κ1) is 14.1. The largest absolute Gasteiger partial charge is 0.397 e. The van der Waals surface area contributed by atoms with Crippen molar-refractivity contribution < 1.29 is 4.79 Å². The van der Waals surface area contributed by atoms with Crippen LogP contribution in [0.15, 0.2) is 6.07 Å². The molecule has 2 rings (SSSR count). The molecule has 1 aromatic rings. The normalized spacial score (nSPS) is 17.1. The van der Waals surface area contributed by atoms with Crippen LogP contribution < -0.4 is 16.4 Å². The number of thiophene rings is 1. The van der Waals surface area contributed by atoms with Crippen molar-refractivity contribution in [2.24, 2.45) is 11.7 Å². The summed E-state index contributed by atoms with van der Waals surface area (Å²) >= 11 is 1.41. The van der Waals surface area contributed by atoms with Crippen LogP contribution in [-0.2, 0) is 0 Å². The molecule has 4 N–H and O–H groups in total. The molecular formula is C13H22N4OS. The number of nitrogen functional groups attached to an aromatic ring is 1. The van der Waals surface area contributed by atoms with Gasteiger partial charge in [0.05, 0.1) is 10.7 Å². The van der Waals surface area contributed by atoms with E-state index in [4.69, 9.17) is 11.5 Å². The predicted molar refractivity (Wildman–Crippen MR) is 80.7 cm³/mol. The molecule has 106 valence electrons. The number of anilines is 2. The molecule has 6 heteroatoms. The number of rotatable bonds is 4. The first-order valence-corrected chi connectivity index (χ1v) is 7.38. The minimum absolute atomic E-state index is 0.434. The second-order valence-corrected chi connectivity index (χ2v) is 6.46. The van der Waals surface area contributed by atoms with Crippen molar-refractivity contribution in [1.29, 1.82) is 0 Å². The van der Waals surface area contributed by atoms with Crippen molar-refractivity contribution in [2.75, 3.05) is 44.4 Å². The Kier molecular flexibility index (Phi) is 4.31. The van der Waals surface area contributed by atoms with Crippen LogP contribution in [0, 0.1) is 5.92 Å². The number of amides is 1. The maximum Gasteiger partial charge on any atom is 0.260 e. The van der Waals surface area contributed by atoms with Gasteiger partial charge in [0.2, 0.25) is 0 Å². The Morgan fingerprint density at radius 2 is 2.11 bits per heavy atom. The lowest BCUT2D eigenvalue weighted by molar-refractivity contribution is 0.100. The van der Waals surface area contributed by atoms with Gasteiger partial charge in [0, 0.05) is 19.6 Å². The lowest BCUT2D eigenvalue weighted by Gasteiger charge is -2.33. The Morgan fingerprint density at radius 1 is 1.47 bits per heavy atom. The van der Waals surface area contributed by atoms with E-state index in [9.17, 15) is 4.79 Å². The number of carbonyl (C=O) groups is 1.